The Hall–Kier alpha value is -0.930. The Morgan fingerprint density at radius 3 is 2.64 bits per heavy atom. The molecule has 2 aliphatic rings. The van der Waals surface area contributed by atoms with Crippen LogP contribution in [0.1, 0.15) is 38.8 Å². The van der Waals surface area contributed by atoms with Crippen molar-refractivity contribution in [3.05, 3.63) is 35.6 Å². The first-order valence-corrected chi connectivity index (χ1v) is 10.1. The number of guanidine groups is 1. The van der Waals surface area contributed by atoms with E-state index < -0.39 is 0 Å². The van der Waals surface area contributed by atoms with Crippen LogP contribution in [0.5, 0.6) is 0 Å². The van der Waals surface area contributed by atoms with Gasteiger partial charge in [-0.1, -0.05) is 26.0 Å². The third kappa shape index (κ3) is 6.29. The van der Waals surface area contributed by atoms with E-state index in [0.29, 0.717) is 12.0 Å². The summed E-state index contributed by atoms with van der Waals surface area (Å²) >= 11 is 0. The molecule has 5 nitrogen and oxygen atoms in total. The molecule has 1 unspecified atom stereocenters. The Balaban J connectivity index is 0.00000280. The lowest BCUT2D eigenvalue weighted by molar-refractivity contribution is 0.0179. The van der Waals surface area contributed by atoms with Gasteiger partial charge < -0.3 is 15.0 Å². The first kappa shape index (κ1) is 23.3. The van der Waals surface area contributed by atoms with Crippen LogP contribution in [0.4, 0.5) is 4.39 Å². The molecule has 0 spiro atoms. The number of rotatable bonds is 5. The summed E-state index contributed by atoms with van der Waals surface area (Å²) in [6, 6.07) is 7.00. The van der Waals surface area contributed by atoms with Gasteiger partial charge >= 0.3 is 0 Å². The highest BCUT2D eigenvalue weighted by Crippen LogP contribution is 2.29. The number of hydrogen-bond acceptors (Lipinski definition) is 3. The predicted octanol–water partition coefficient (Wildman–Crippen LogP) is 3.51. The fraction of sp³-hybridized carbons (Fsp3) is 0.667. The van der Waals surface area contributed by atoms with E-state index in [0.717, 1.165) is 57.5 Å². The van der Waals surface area contributed by atoms with E-state index in [9.17, 15) is 4.39 Å². The molecular formula is C21H34FIN4O. The van der Waals surface area contributed by atoms with Crippen LogP contribution < -0.4 is 5.32 Å². The van der Waals surface area contributed by atoms with Crippen LogP contribution in [0.3, 0.4) is 0 Å². The van der Waals surface area contributed by atoms with Crippen LogP contribution in [0.2, 0.25) is 0 Å². The second-order valence-electron chi connectivity index (χ2n) is 8.25. The van der Waals surface area contributed by atoms with Crippen molar-refractivity contribution in [1.82, 2.24) is 15.1 Å². The molecule has 0 aliphatic carbocycles. The van der Waals surface area contributed by atoms with Crippen LogP contribution in [0, 0.1) is 11.2 Å². The average molecular weight is 504 g/mol. The molecule has 1 N–H and O–H groups in total. The van der Waals surface area contributed by atoms with Gasteiger partial charge in [0.1, 0.15) is 5.82 Å². The van der Waals surface area contributed by atoms with Crippen molar-refractivity contribution in [3.63, 3.8) is 0 Å². The number of nitrogens with one attached hydrogen (secondary N) is 1. The maximum absolute atomic E-state index is 13.8. The SMILES string of the molecule is CCNC(=NCC(c1cccc(F)c1)N1CCOCC1)N1CCC(C)(C)C1.I. The van der Waals surface area contributed by atoms with Gasteiger partial charge in [-0.05, 0) is 36.5 Å². The molecule has 0 bridgehead atoms. The largest absolute Gasteiger partial charge is 0.379 e. The minimum absolute atomic E-state index is 0. The normalized spacial score (nSPS) is 21.3. The van der Waals surface area contributed by atoms with Crippen LogP contribution in [-0.4, -0.2) is 68.2 Å². The zero-order valence-electron chi connectivity index (χ0n) is 17.3. The number of aliphatic imine (C=N–C) groups is 1. The molecule has 1 atom stereocenters. The van der Waals surface area contributed by atoms with Gasteiger partial charge in [-0.15, -0.1) is 24.0 Å². The number of benzene rings is 1. The van der Waals surface area contributed by atoms with Gasteiger partial charge in [0.25, 0.3) is 0 Å². The molecule has 2 fully saturated rings. The van der Waals surface area contributed by atoms with E-state index >= 15 is 0 Å². The molecule has 2 aliphatic heterocycles. The molecule has 0 saturated carbocycles. The fourth-order valence-corrected chi connectivity index (χ4v) is 3.93. The molecule has 1 aromatic rings. The molecule has 7 heteroatoms. The predicted molar refractivity (Wildman–Crippen MR) is 123 cm³/mol. The van der Waals surface area contributed by atoms with E-state index in [1.54, 1.807) is 12.1 Å². The van der Waals surface area contributed by atoms with Crippen molar-refractivity contribution >= 4 is 29.9 Å². The monoisotopic (exact) mass is 504 g/mol. The highest BCUT2D eigenvalue weighted by molar-refractivity contribution is 14.0. The Labute approximate surface area is 185 Å². The first-order valence-electron chi connectivity index (χ1n) is 10.1. The summed E-state index contributed by atoms with van der Waals surface area (Å²) in [5, 5.41) is 3.44. The number of halogens is 2. The smallest absolute Gasteiger partial charge is 0.194 e. The first-order chi connectivity index (χ1) is 13.0. The summed E-state index contributed by atoms with van der Waals surface area (Å²) in [7, 11) is 0. The molecule has 3 rings (SSSR count). The Morgan fingerprint density at radius 1 is 1.29 bits per heavy atom. The molecule has 0 radical (unpaired) electrons. The van der Waals surface area contributed by atoms with Crippen molar-refractivity contribution in [2.75, 3.05) is 52.5 Å². The van der Waals surface area contributed by atoms with E-state index in [4.69, 9.17) is 9.73 Å². The van der Waals surface area contributed by atoms with Crippen LogP contribution in [0.15, 0.2) is 29.3 Å². The summed E-state index contributed by atoms with van der Waals surface area (Å²) in [6.45, 7) is 13.4. The van der Waals surface area contributed by atoms with Gasteiger partial charge in [0.15, 0.2) is 5.96 Å². The van der Waals surface area contributed by atoms with Crippen molar-refractivity contribution < 1.29 is 9.13 Å². The number of morpholine rings is 1. The summed E-state index contributed by atoms with van der Waals surface area (Å²) in [6.07, 6.45) is 1.17. The average Bonchev–Trinajstić information content (AvgIpc) is 3.02. The quantitative estimate of drug-likeness (QED) is 0.379. The summed E-state index contributed by atoms with van der Waals surface area (Å²) in [4.78, 5) is 9.68. The number of hydrogen-bond donors (Lipinski definition) is 1. The summed E-state index contributed by atoms with van der Waals surface area (Å²) < 4.78 is 19.4. The van der Waals surface area contributed by atoms with Gasteiger partial charge in [0.05, 0.1) is 25.8 Å². The molecule has 158 valence electrons. The van der Waals surface area contributed by atoms with Crippen LogP contribution in [0.25, 0.3) is 0 Å². The fourth-order valence-electron chi connectivity index (χ4n) is 3.93. The Kier molecular flexibility index (Phi) is 8.95. The summed E-state index contributed by atoms with van der Waals surface area (Å²) in [5.41, 5.74) is 1.31. The highest BCUT2D eigenvalue weighted by Gasteiger charge is 2.31. The van der Waals surface area contributed by atoms with E-state index in [2.05, 4.69) is 35.9 Å². The van der Waals surface area contributed by atoms with Crippen LogP contribution in [-0.2, 0) is 4.74 Å². The van der Waals surface area contributed by atoms with Gasteiger partial charge in [0.2, 0.25) is 0 Å². The molecule has 2 heterocycles. The van der Waals surface area contributed by atoms with Gasteiger partial charge in [0, 0.05) is 32.7 Å². The van der Waals surface area contributed by atoms with E-state index in [1.165, 1.54) is 12.5 Å². The minimum Gasteiger partial charge on any atom is -0.379 e. The zero-order valence-corrected chi connectivity index (χ0v) is 19.6. The molecule has 28 heavy (non-hydrogen) atoms. The standard InChI is InChI=1S/C21H33FN4O.HI/c1-4-23-20(26-9-8-21(2,3)16-26)24-15-19(25-10-12-27-13-11-25)17-6-5-7-18(22)14-17;/h5-7,14,19H,4,8-13,15-16H2,1-3H3,(H,23,24);1H. The lowest BCUT2D eigenvalue weighted by Gasteiger charge is -2.34. The van der Waals surface area contributed by atoms with E-state index in [-0.39, 0.29) is 35.8 Å². The van der Waals surface area contributed by atoms with Gasteiger partial charge in [-0.25, -0.2) is 4.39 Å². The number of likely N-dealkylation sites (tertiary alicyclic amines) is 1. The third-order valence-corrected chi connectivity index (χ3v) is 5.45. The van der Waals surface area contributed by atoms with Gasteiger partial charge in [-0.2, -0.15) is 0 Å². The second-order valence-corrected chi connectivity index (χ2v) is 8.25. The molecule has 2 saturated heterocycles. The zero-order chi connectivity index (χ0) is 19.3. The van der Waals surface area contributed by atoms with Gasteiger partial charge in [-0.3, -0.25) is 9.89 Å². The molecule has 0 aromatic heterocycles. The maximum atomic E-state index is 13.8. The lowest BCUT2D eigenvalue weighted by atomic mass is 9.93. The molecular weight excluding hydrogens is 470 g/mol. The maximum Gasteiger partial charge on any atom is 0.194 e. The van der Waals surface area contributed by atoms with Crippen molar-refractivity contribution in [2.24, 2.45) is 10.4 Å². The topological polar surface area (TPSA) is 40.1 Å². The van der Waals surface area contributed by atoms with Crippen molar-refractivity contribution in [3.8, 4) is 0 Å². The second kappa shape index (κ2) is 10.7. The molecule has 0 amide bonds. The summed E-state index contributed by atoms with van der Waals surface area (Å²) in [5.74, 6) is 0.778. The Morgan fingerprint density at radius 2 is 2.04 bits per heavy atom. The highest BCUT2D eigenvalue weighted by atomic mass is 127. The van der Waals surface area contributed by atoms with E-state index in [1.807, 2.05) is 6.07 Å². The van der Waals surface area contributed by atoms with Crippen molar-refractivity contribution in [1.29, 1.82) is 0 Å². The lowest BCUT2D eigenvalue weighted by Crippen LogP contribution is -2.43. The van der Waals surface area contributed by atoms with Crippen LogP contribution >= 0.6 is 24.0 Å². The Bertz CT molecular complexity index is 649. The minimum atomic E-state index is -0.192. The number of ether oxygens (including phenoxy) is 1. The number of nitrogens with zero attached hydrogens (tertiary/aromatic N) is 3. The van der Waals surface area contributed by atoms with Crippen molar-refractivity contribution in [2.45, 2.75) is 33.2 Å². The third-order valence-electron chi connectivity index (χ3n) is 5.45. The molecule has 1 aromatic carbocycles.